The first-order valence-electron chi connectivity index (χ1n) is 11.8. The largest absolute Gasteiger partial charge is 0.488 e. The number of hydrogen-bond acceptors (Lipinski definition) is 7. The van der Waals surface area contributed by atoms with Crippen molar-refractivity contribution in [3.05, 3.63) is 47.6 Å². The summed E-state index contributed by atoms with van der Waals surface area (Å²) < 4.78 is 31.3. The zero-order valence-corrected chi connectivity index (χ0v) is 20.1. The summed E-state index contributed by atoms with van der Waals surface area (Å²) in [6.07, 6.45) is 13.8. The molecule has 1 atom stereocenters. The van der Waals surface area contributed by atoms with E-state index in [2.05, 4.69) is 32.8 Å². The molecule has 0 radical (unpaired) electrons. The van der Waals surface area contributed by atoms with E-state index >= 15 is 0 Å². The molecular formula is C24H31N5O3S. The number of aryl methyl sites for hydroxylation is 1. The average molecular weight is 470 g/mol. The number of hydrogen-bond donors (Lipinski definition) is 0. The molecule has 2 aromatic heterocycles. The molecule has 3 aliphatic heterocycles. The fourth-order valence-corrected chi connectivity index (χ4v) is 5.73. The Bertz CT molecular complexity index is 1140. The smallest absolute Gasteiger partial charge is 0.225 e. The van der Waals surface area contributed by atoms with Crippen molar-refractivity contribution in [2.24, 2.45) is 5.92 Å². The molecular weight excluding hydrogens is 438 g/mol. The van der Waals surface area contributed by atoms with Crippen molar-refractivity contribution in [2.45, 2.75) is 45.1 Å². The van der Waals surface area contributed by atoms with E-state index in [1.54, 1.807) is 0 Å². The standard InChI is InChI=1S/C24H31N5O3S/c1-3-17-14-26-24(27-15-17)28-8-4-19(5-9-28)22-13-20-12-21(25-16-23(20)32-22)18-6-10-29(11-7-18)33(2,30)31/h6,12,14-16,19,22H,3-5,7-11,13H2,1-2H3/t22-/m0/s1. The van der Waals surface area contributed by atoms with Crippen molar-refractivity contribution in [2.75, 3.05) is 37.3 Å². The van der Waals surface area contributed by atoms with Crippen LogP contribution in [-0.2, 0) is 22.9 Å². The van der Waals surface area contributed by atoms with E-state index in [-0.39, 0.29) is 6.10 Å². The zero-order valence-electron chi connectivity index (χ0n) is 19.3. The molecule has 5 rings (SSSR count). The molecule has 176 valence electrons. The Balaban J connectivity index is 1.19. The highest BCUT2D eigenvalue weighted by atomic mass is 32.2. The van der Waals surface area contributed by atoms with Gasteiger partial charge in [-0.3, -0.25) is 4.98 Å². The van der Waals surface area contributed by atoms with E-state index in [4.69, 9.17) is 4.74 Å². The van der Waals surface area contributed by atoms with Gasteiger partial charge in [0.1, 0.15) is 11.9 Å². The summed E-state index contributed by atoms with van der Waals surface area (Å²) in [6, 6.07) is 2.13. The van der Waals surface area contributed by atoms with Crippen LogP contribution in [0, 0.1) is 5.92 Å². The number of anilines is 1. The van der Waals surface area contributed by atoms with Crippen molar-refractivity contribution < 1.29 is 13.2 Å². The zero-order chi connectivity index (χ0) is 23.0. The number of pyridine rings is 1. The molecule has 3 aliphatic rings. The van der Waals surface area contributed by atoms with Gasteiger partial charge in [0.2, 0.25) is 16.0 Å². The van der Waals surface area contributed by atoms with Gasteiger partial charge in [0, 0.05) is 50.6 Å². The third-order valence-corrected chi connectivity index (χ3v) is 8.34. The van der Waals surface area contributed by atoms with Crippen molar-refractivity contribution in [3.63, 3.8) is 0 Å². The van der Waals surface area contributed by atoms with Gasteiger partial charge in [-0.15, -0.1) is 0 Å². The van der Waals surface area contributed by atoms with Crippen LogP contribution in [-0.4, -0.2) is 66.2 Å². The summed E-state index contributed by atoms with van der Waals surface area (Å²) in [5.41, 5.74) is 4.42. The van der Waals surface area contributed by atoms with Crippen LogP contribution in [0.3, 0.4) is 0 Å². The van der Waals surface area contributed by atoms with Crippen LogP contribution in [0.25, 0.3) is 5.57 Å². The van der Waals surface area contributed by atoms with Crippen LogP contribution in [0.4, 0.5) is 5.95 Å². The van der Waals surface area contributed by atoms with Crippen LogP contribution < -0.4 is 9.64 Å². The molecule has 0 N–H and O–H groups in total. The first-order chi connectivity index (χ1) is 15.9. The maximum Gasteiger partial charge on any atom is 0.225 e. The molecule has 0 aromatic carbocycles. The molecule has 2 aromatic rings. The lowest BCUT2D eigenvalue weighted by molar-refractivity contribution is 0.138. The summed E-state index contributed by atoms with van der Waals surface area (Å²) in [4.78, 5) is 16.0. The molecule has 5 heterocycles. The predicted octanol–water partition coefficient (Wildman–Crippen LogP) is 2.70. The lowest BCUT2D eigenvalue weighted by Crippen LogP contribution is -2.40. The summed E-state index contributed by atoms with van der Waals surface area (Å²) in [6.45, 7) is 4.92. The van der Waals surface area contributed by atoms with Crippen LogP contribution in [0.2, 0.25) is 0 Å². The van der Waals surface area contributed by atoms with Gasteiger partial charge in [-0.25, -0.2) is 18.4 Å². The minimum Gasteiger partial charge on any atom is -0.488 e. The van der Waals surface area contributed by atoms with E-state index in [0.29, 0.717) is 25.4 Å². The Kier molecular flexibility index (Phi) is 6.09. The fraction of sp³-hybridized carbons (Fsp3) is 0.542. The molecule has 1 fully saturated rings. The van der Waals surface area contributed by atoms with E-state index < -0.39 is 10.0 Å². The molecule has 0 aliphatic carbocycles. The van der Waals surface area contributed by atoms with Crippen molar-refractivity contribution >= 4 is 21.5 Å². The molecule has 0 amide bonds. The topological polar surface area (TPSA) is 88.5 Å². The number of ether oxygens (including phenoxy) is 1. The molecule has 0 unspecified atom stereocenters. The van der Waals surface area contributed by atoms with Gasteiger partial charge in [0.05, 0.1) is 18.1 Å². The lowest BCUT2D eigenvalue weighted by Gasteiger charge is -2.34. The van der Waals surface area contributed by atoms with Crippen molar-refractivity contribution in [1.82, 2.24) is 19.3 Å². The second-order valence-corrected chi connectivity index (χ2v) is 11.2. The second-order valence-electron chi connectivity index (χ2n) is 9.21. The first-order valence-corrected chi connectivity index (χ1v) is 13.6. The van der Waals surface area contributed by atoms with Gasteiger partial charge in [-0.05, 0) is 48.8 Å². The number of piperidine rings is 1. The number of sulfonamides is 1. The van der Waals surface area contributed by atoms with Crippen LogP contribution in [0.1, 0.15) is 43.0 Å². The monoisotopic (exact) mass is 469 g/mol. The maximum atomic E-state index is 11.8. The lowest BCUT2D eigenvalue weighted by atomic mass is 9.89. The minimum absolute atomic E-state index is 0.184. The molecule has 8 nitrogen and oxygen atoms in total. The first kappa shape index (κ1) is 22.3. The maximum absolute atomic E-state index is 11.8. The van der Waals surface area contributed by atoms with Gasteiger partial charge < -0.3 is 9.64 Å². The molecule has 9 heteroatoms. The second kappa shape index (κ2) is 9.02. The highest BCUT2D eigenvalue weighted by Crippen LogP contribution is 2.37. The predicted molar refractivity (Wildman–Crippen MR) is 128 cm³/mol. The highest BCUT2D eigenvalue weighted by molar-refractivity contribution is 7.88. The molecule has 1 saturated heterocycles. The van der Waals surface area contributed by atoms with Crippen molar-refractivity contribution in [3.8, 4) is 5.75 Å². The van der Waals surface area contributed by atoms with E-state index in [1.807, 2.05) is 24.7 Å². The van der Waals surface area contributed by atoms with Crippen LogP contribution in [0.15, 0.2) is 30.7 Å². The Morgan fingerprint density at radius 3 is 2.48 bits per heavy atom. The third kappa shape index (κ3) is 4.75. The summed E-state index contributed by atoms with van der Waals surface area (Å²) in [5, 5.41) is 0. The SMILES string of the molecule is CCc1cnc(N2CCC([C@@H]3Cc4cc(C5=CCN(S(C)(=O)=O)CC5)ncc4O3)CC2)nc1. The number of aromatic nitrogens is 3. The fourth-order valence-electron chi connectivity index (χ4n) is 4.96. The summed E-state index contributed by atoms with van der Waals surface area (Å²) >= 11 is 0. The molecule has 33 heavy (non-hydrogen) atoms. The molecule has 0 spiro atoms. The normalized spacial score (nSPS) is 22.1. The number of fused-ring (bicyclic) bond motifs is 1. The van der Waals surface area contributed by atoms with E-state index in [0.717, 1.165) is 67.3 Å². The van der Waals surface area contributed by atoms with Gasteiger partial charge in [0.25, 0.3) is 0 Å². The van der Waals surface area contributed by atoms with Gasteiger partial charge in [0.15, 0.2) is 0 Å². The number of rotatable bonds is 5. The Morgan fingerprint density at radius 1 is 1.09 bits per heavy atom. The highest BCUT2D eigenvalue weighted by Gasteiger charge is 2.34. The molecule has 0 bridgehead atoms. The van der Waals surface area contributed by atoms with Gasteiger partial charge >= 0.3 is 0 Å². The van der Waals surface area contributed by atoms with Crippen LogP contribution >= 0.6 is 0 Å². The Morgan fingerprint density at radius 2 is 1.85 bits per heavy atom. The van der Waals surface area contributed by atoms with E-state index in [9.17, 15) is 8.42 Å². The minimum atomic E-state index is -3.15. The summed E-state index contributed by atoms with van der Waals surface area (Å²) in [7, 11) is -3.15. The molecule has 0 saturated carbocycles. The summed E-state index contributed by atoms with van der Waals surface area (Å²) in [5.74, 6) is 2.22. The number of nitrogens with zero attached hydrogens (tertiary/aromatic N) is 5. The van der Waals surface area contributed by atoms with E-state index in [1.165, 1.54) is 16.1 Å². The van der Waals surface area contributed by atoms with Gasteiger partial charge in [-0.2, -0.15) is 4.31 Å². The quantitative estimate of drug-likeness (QED) is 0.665. The Hall–Kier alpha value is -2.52. The Labute approximate surface area is 195 Å². The van der Waals surface area contributed by atoms with Crippen LogP contribution in [0.5, 0.6) is 5.75 Å². The van der Waals surface area contributed by atoms with Gasteiger partial charge in [-0.1, -0.05) is 13.0 Å². The third-order valence-electron chi connectivity index (χ3n) is 7.07. The van der Waals surface area contributed by atoms with Crippen molar-refractivity contribution in [1.29, 1.82) is 0 Å². The average Bonchev–Trinajstić information content (AvgIpc) is 3.27.